The fourth-order valence-electron chi connectivity index (χ4n) is 1.91. The zero-order valence-electron chi connectivity index (χ0n) is 11.0. The number of aromatic nitrogens is 2. The second-order valence-corrected chi connectivity index (χ2v) is 6.53. The summed E-state index contributed by atoms with van der Waals surface area (Å²) >= 11 is 3.57. The molecule has 1 amide bonds. The van der Waals surface area contributed by atoms with Crippen LogP contribution in [0.25, 0.3) is 10.2 Å². The maximum Gasteiger partial charge on any atom is 0.281 e. The van der Waals surface area contributed by atoms with Gasteiger partial charge in [0.05, 0.1) is 5.39 Å². The van der Waals surface area contributed by atoms with Gasteiger partial charge in [-0.25, -0.2) is 9.66 Å². The highest BCUT2D eigenvalue weighted by Crippen LogP contribution is 2.14. The molecule has 0 spiro atoms. The highest BCUT2D eigenvalue weighted by atomic mass is 127. The van der Waals surface area contributed by atoms with Crippen molar-refractivity contribution in [3.8, 4) is 0 Å². The number of nitrogens with one attached hydrogen (secondary N) is 1. The standard InChI is InChI=1S/C14H10IN3O2S/c1-8-16-13-11(6-7-21-13)14(20)18(8)17-12(19)9-2-4-10(15)5-3-9/h2-7H,1H3,(H,17,19). The van der Waals surface area contributed by atoms with E-state index in [4.69, 9.17) is 0 Å². The first kappa shape index (κ1) is 14.2. The van der Waals surface area contributed by atoms with E-state index < -0.39 is 0 Å². The van der Waals surface area contributed by atoms with Gasteiger partial charge in [-0.3, -0.25) is 15.0 Å². The molecule has 1 N–H and O–H groups in total. The van der Waals surface area contributed by atoms with Crippen molar-refractivity contribution >= 4 is 50.1 Å². The molecule has 0 fully saturated rings. The van der Waals surface area contributed by atoms with Gasteiger partial charge < -0.3 is 0 Å². The van der Waals surface area contributed by atoms with E-state index in [1.807, 2.05) is 17.5 Å². The zero-order valence-corrected chi connectivity index (χ0v) is 13.9. The number of carbonyl (C=O) groups excluding carboxylic acids is 1. The van der Waals surface area contributed by atoms with Gasteiger partial charge in [0.25, 0.3) is 11.5 Å². The van der Waals surface area contributed by atoms with Gasteiger partial charge in [0.15, 0.2) is 0 Å². The van der Waals surface area contributed by atoms with Crippen molar-refractivity contribution in [3.63, 3.8) is 0 Å². The number of hydrogen-bond donors (Lipinski definition) is 1. The molecule has 3 aromatic rings. The number of rotatable bonds is 2. The van der Waals surface area contributed by atoms with Crippen molar-refractivity contribution in [2.45, 2.75) is 6.92 Å². The summed E-state index contributed by atoms with van der Waals surface area (Å²) in [5.41, 5.74) is 2.83. The summed E-state index contributed by atoms with van der Waals surface area (Å²) in [6.07, 6.45) is 0. The molecule has 3 rings (SSSR count). The molecule has 5 nitrogen and oxygen atoms in total. The Kier molecular flexibility index (Phi) is 3.77. The van der Waals surface area contributed by atoms with Gasteiger partial charge in [-0.1, -0.05) is 0 Å². The molecule has 0 atom stereocenters. The molecule has 0 saturated heterocycles. The van der Waals surface area contributed by atoms with Gasteiger partial charge in [0.2, 0.25) is 0 Å². The normalized spacial score (nSPS) is 10.8. The summed E-state index contributed by atoms with van der Waals surface area (Å²) in [5.74, 6) is 0.113. The number of halogens is 1. The number of benzene rings is 1. The number of thiophene rings is 1. The molecule has 0 aliphatic rings. The Balaban J connectivity index is 1.99. The third-order valence-corrected chi connectivity index (χ3v) is 4.51. The van der Waals surface area contributed by atoms with Crippen LogP contribution in [-0.2, 0) is 0 Å². The highest BCUT2D eigenvalue weighted by Gasteiger charge is 2.12. The smallest absolute Gasteiger partial charge is 0.267 e. The topological polar surface area (TPSA) is 64.0 Å². The minimum atomic E-state index is -0.340. The summed E-state index contributed by atoms with van der Waals surface area (Å²) < 4.78 is 2.23. The Bertz CT molecular complexity index is 883. The maximum absolute atomic E-state index is 12.3. The van der Waals surface area contributed by atoms with E-state index >= 15 is 0 Å². The molecule has 0 saturated carbocycles. The average Bonchev–Trinajstić information content (AvgIpc) is 2.92. The predicted molar refractivity (Wildman–Crippen MR) is 91.5 cm³/mol. The largest absolute Gasteiger partial charge is 0.281 e. The first-order valence-corrected chi connectivity index (χ1v) is 8.06. The molecule has 7 heteroatoms. The molecule has 106 valence electrons. The van der Waals surface area contributed by atoms with E-state index in [9.17, 15) is 9.59 Å². The molecule has 0 aliphatic heterocycles. The Morgan fingerprint density at radius 1 is 1.29 bits per heavy atom. The van der Waals surface area contributed by atoms with Crippen LogP contribution in [-0.4, -0.2) is 15.6 Å². The quantitative estimate of drug-likeness (QED) is 0.660. The van der Waals surface area contributed by atoms with Crippen LogP contribution in [0, 0.1) is 10.5 Å². The van der Waals surface area contributed by atoms with Crippen LogP contribution in [0.15, 0.2) is 40.5 Å². The van der Waals surface area contributed by atoms with Crippen molar-refractivity contribution < 1.29 is 4.79 Å². The van der Waals surface area contributed by atoms with Gasteiger partial charge in [0, 0.05) is 9.13 Å². The van der Waals surface area contributed by atoms with Crippen molar-refractivity contribution in [2.75, 3.05) is 5.43 Å². The van der Waals surface area contributed by atoms with E-state index in [0.717, 1.165) is 3.57 Å². The summed E-state index contributed by atoms with van der Waals surface area (Å²) in [6, 6.07) is 8.82. The molecule has 2 aromatic heterocycles. The second-order valence-electron chi connectivity index (χ2n) is 4.39. The molecule has 1 aromatic carbocycles. The molecular weight excluding hydrogens is 401 g/mol. The lowest BCUT2D eigenvalue weighted by molar-refractivity contribution is 0.101. The van der Waals surface area contributed by atoms with Crippen LogP contribution in [0.3, 0.4) is 0 Å². The van der Waals surface area contributed by atoms with Crippen molar-refractivity contribution in [3.05, 3.63) is 61.0 Å². The lowest BCUT2D eigenvalue weighted by Crippen LogP contribution is -2.35. The number of hydrogen-bond acceptors (Lipinski definition) is 4. The number of aryl methyl sites for hydroxylation is 1. The second kappa shape index (κ2) is 5.57. The molecule has 0 radical (unpaired) electrons. The van der Waals surface area contributed by atoms with Crippen LogP contribution in [0.1, 0.15) is 16.2 Å². The van der Waals surface area contributed by atoms with E-state index in [1.54, 1.807) is 25.1 Å². The minimum absolute atomic E-state index is 0.266. The molecule has 0 unspecified atom stereocenters. The monoisotopic (exact) mass is 411 g/mol. The summed E-state index contributed by atoms with van der Waals surface area (Å²) in [7, 11) is 0. The van der Waals surface area contributed by atoms with E-state index in [-0.39, 0.29) is 11.5 Å². The van der Waals surface area contributed by atoms with Gasteiger partial charge in [-0.05, 0) is 65.2 Å². The van der Waals surface area contributed by atoms with Crippen LogP contribution in [0.2, 0.25) is 0 Å². The fraction of sp³-hybridized carbons (Fsp3) is 0.0714. The Labute approximate surface area is 137 Å². The summed E-state index contributed by atoms with van der Waals surface area (Å²) in [6.45, 7) is 1.69. The molecule has 0 bridgehead atoms. The van der Waals surface area contributed by atoms with Gasteiger partial charge in [-0.15, -0.1) is 11.3 Å². The summed E-state index contributed by atoms with van der Waals surface area (Å²) in [5, 5.41) is 2.32. The Morgan fingerprint density at radius 2 is 2.00 bits per heavy atom. The van der Waals surface area contributed by atoms with E-state index in [0.29, 0.717) is 21.6 Å². The molecular formula is C14H10IN3O2S. The molecule has 21 heavy (non-hydrogen) atoms. The molecule has 0 aliphatic carbocycles. The summed E-state index contributed by atoms with van der Waals surface area (Å²) in [4.78, 5) is 29.6. The van der Waals surface area contributed by atoms with Crippen LogP contribution in [0.5, 0.6) is 0 Å². The average molecular weight is 411 g/mol. The highest BCUT2D eigenvalue weighted by molar-refractivity contribution is 14.1. The SMILES string of the molecule is Cc1nc2sccc2c(=O)n1NC(=O)c1ccc(I)cc1. The van der Waals surface area contributed by atoms with Crippen molar-refractivity contribution in [1.29, 1.82) is 0 Å². The van der Waals surface area contributed by atoms with Crippen molar-refractivity contribution in [1.82, 2.24) is 9.66 Å². The van der Waals surface area contributed by atoms with Gasteiger partial charge in [-0.2, -0.15) is 0 Å². The first-order valence-electron chi connectivity index (χ1n) is 6.10. The predicted octanol–water partition coefficient (Wildman–Crippen LogP) is 2.75. The third kappa shape index (κ3) is 2.70. The van der Waals surface area contributed by atoms with E-state index in [1.165, 1.54) is 16.0 Å². The minimum Gasteiger partial charge on any atom is -0.267 e. The Hall–Kier alpha value is -1.74. The maximum atomic E-state index is 12.3. The van der Waals surface area contributed by atoms with E-state index in [2.05, 4.69) is 33.0 Å². The first-order chi connectivity index (χ1) is 10.1. The third-order valence-electron chi connectivity index (χ3n) is 2.99. The lowest BCUT2D eigenvalue weighted by Gasteiger charge is -2.10. The van der Waals surface area contributed by atoms with Crippen LogP contribution in [0.4, 0.5) is 0 Å². The Morgan fingerprint density at radius 3 is 2.71 bits per heavy atom. The number of carbonyl (C=O) groups is 1. The van der Waals surface area contributed by atoms with Crippen molar-refractivity contribution in [2.24, 2.45) is 0 Å². The molecule has 2 heterocycles. The number of nitrogens with zero attached hydrogens (tertiary/aromatic N) is 2. The zero-order chi connectivity index (χ0) is 15.0. The number of fused-ring (bicyclic) bond motifs is 1. The van der Waals surface area contributed by atoms with Crippen LogP contribution >= 0.6 is 33.9 Å². The fourth-order valence-corrected chi connectivity index (χ4v) is 3.07. The van der Waals surface area contributed by atoms with Gasteiger partial charge in [0.1, 0.15) is 10.7 Å². The van der Waals surface area contributed by atoms with Gasteiger partial charge >= 0.3 is 0 Å². The number of amides is 1. The van der Waals surface area contributed by atoms with Crippen LogP contribution < -0.4 is 11.0 Å². The lowest BCUT2D eigenvalue weighted by atomic mass is 10.2.